The zero-order valence-corrected chi connectivity index (χ0v) is 14.6. The van der Waals surface area contributed by atoms with Crippen molar-refractivity contribution >= 4 is 17.2 Å². The average Bonchev–Trinajstić information content (AvgIpc) is 3.16. The summed E-state index contributed by atoms with van der Waals surface area (Å²) in [5.41, 5.74) is 1.32. The largest absolute Gasteiger partial charge is 0.488 e. The van der Waals surface area contributed by atoms with Crippen LogP contribution in [0.1, 0.15) is 33.8 Å². The van der Waals surface area contributed by atoms with E-state index in [4.69, 9.17) is 4.74 Å². The Morgan fingerprint density at radius 1 is 1.12 bits per heavy atom. The molecular formula is C20H18FNO2S. The first-order chi connectivity index (χ1) is 12.1. The van der Waals surface area contributed by atoms with E-state index in [2.05, 4.69) is 5.32 Å². The van der Waals surface area contributed by atoms with Gasteiger partial charge in [-0.3, -0.25) is 4.79 Å². The van der Waals surface area contributed by atoms with Crippen LogP contribution in [-0.4, -0.2) is 5.91 Å². The number of carbonyl (C=O) groups is 1. The molecule has 0 unspecified atom stereocenters. The molecule has 0 spiro atoms. The van der Waals surface area contributed by atoms with Crippen LogP contribution in [-0.2, 0) is 6.61 Å². The highest BCUT2D eigenvalue weighted by atomic mass is 32.1. The highest BCUT2D eigenvalue weighted by Gasteiger charge is 2.16. The topological polar surface area (TPSA) is 38.3 Å². The van der Waals surface area contributed by atoms with Crippen LogP contribution in [0.4, 0.5) is 4.39 Å². The summed E-state index contributed by atoms with van der Waals surface area (Å²) < 4.78 is 18.7. The van der Waals surface area contributed by atoms with Crippen LogP contribution in [0.15, 0.2) is 66.0 Å². The molecule has 0 aliphatic rings. The zero-order valence-electron chi connectivity index (χ0n) is 13.7. The van der Waals surface area contributed by atoms with Gasteiger partial charge in [0.1, 0.15) is 18.2 Å². The molecule has 1 amide bonds. The molecule has 0 aliphatic carbocycles. The molecule has 0 aliphatic heterocycles. The lowest BCUT2D eigenvalue weighted by atomic mass is 10.1. The van der Waals surface area contributed by atoms with Gasteiger partial charge in [-0.25, -0.2) is 4.39 Å². The molecule has 1 atom stereocenters. The molecule has 0 radical (unpaired) electrons. The molecule has 3 nitrogen and oxygen atoms in total. The summed E-state index contributed by atoms with van der Waals surface area (Å²) in [7, 11) is 0. The van der Waals surface area contributed by atoms with E-state index in [1.807, 2.05) is 30.5 Å². The molecule has 3 aromatic rings. The molecule has 1 aromatic heterocycles. The van der Waals surface area contributed by atoms with E-state index >= 15 is 0 Å². The van der Waals surface area contributed by atoms with Crippen LogP contribution in [0.25, 0.3) is 0 Å². The predicted octanol–water partition coefficient (Wildman–Crippen LogP) is 4.96. The zero-order chi connectivity index (χ0) is 17.6. The number of nitrogens with one attached hydrogen (secondary N) is 1. The number of ether oxygens (including phenoxy) is 1. The Morgan fingerprint density at radius 2 is 1.88 bits per heavy atom. The maximum absolute atomic E-state index is 13.0. The second-order valence-electron chi connectivity index (χ2n) is 5.62. The fraction of sp³-hybridized carbons (Fsp3) is 0.150. The van der Waals surface area contributed by atoms with E-state index in [1.54, 1.807) is 41.7 Å². The van der Waals surface area contributed by atoms with Gasteiger partial charge < -0.3 is 10.1 Å². The minimum atomic E-state index is -0.286. The number of thiophene rings is 1. The van der Waals surface area contributed by atoms with E-state index < -0.39 is 0 Å². The van der Waals surface area contributed by atoms with E-state index in [0.29, 0.717) is 11.3 Å². The van der Waals surface area contributed by atoms with Gasteiger partial charge >= 0.3 is 0 Å². The van der Waals surface area contributed by atoms with Crippen molar-refractivity contribution in [1.82, 2.24) is 5.32 Å². The van der Waals surface area contributed by atoms with Crippen LogP contribution in [0, 0.1) is 5.82 Å². The SMILES string of the molecule is C[C@H](NC(=O)c1ccccc1OCc1ccc(F)cc1)c1cccs1. The van der Waals surface area contributed by atoms with E-state index in [1.165, 1.54) is 12.1 Å². The normalized spacial score (nSPS) is 11.8. The maximum atomic E-state index is 13.0. The van der Waals surface area contributed by atoms with Gasteiger partial charge in [-0.1, -0.05) is 30.3 Å². The Hall–Kier alpha value is -2.66. The van der Waals surface area contributed by atoms with Gasteiger partial charge in [0.25, 0.3) is 5.91 Å². The van der Waals surface area contributed by atoms with Gasteiger partial charge in [0, 0.05) is 4.88 Å². The van der Waals surface area contributed by atoms with Gasteiger partial charge in [-0.2, -0.15) is 0 Å². The van der Waals surface area contributed by atoms with Crippen molar-refractivity contribution in [3.8, 4) is 5.75 Å². The smallest absolute Gasteiger partial charge is 0.255 e. The van der Waals surface area contributed by atoms with Crippen molar-refractivity contribution in [2.24, 2.45) is 0 Å². The Balaban J connectivity index is 1.69. The molecule has 0 bridgehead atoms. The molecule has 2 aromatic carbocycles. The lowest BCUT2D eigenvalue weighted by Crippen LogP contribution is -2.26. The Bertz CT molecular complexity index is 831. The molecule has 1 heterocycles. The number of benzene rings is 2. The molecule has 5 heteroatoms. The minimum absolute atomic E-state index is 0.0716. The summed E-state index contributed by atoms with van der Waals surface area (Å²) in [6.07, 6.45) is 0. The number of hydrogen-bond acceptors (Lipinski definition) is 3. The number of rotatable bonds is 6. The fourth-order valence-electron chi connectivity index (χ4n) is 2.40. The lowest BCUT2D eigenvalue weighted by molar-refractivity contribution is 0.0936. The summed E-state index contributed by atoms with van der Waals surface area (Å²) in [6, 6.07) is 17.1. The van der Waals surface area contributed by atoms with Gasteiger partial charge in [-0.05, 0) is 48.2 Å². The summed E-state index contributed by atoms with van der Waals surface area (Å²) in [5.74, 6) is 0.0319. The molecule has 3 rings (SSSR count). The number of para-hydroxylation sites is 1. The first kappa shape index (κ1) is 17.2. The van der Waals surface area contributed by atoms with E-state index in [-0.39, 0.29) is 24.4 Å². The molecule has 0 fully saturated rings. The van der Waals surface area contributed by atoms with Gasteiger partial charge in [0.2, 0.25) is 0 Å². The third kappa shape index (κ3) is 4.45. The highest BCUT2D eigenvalue weighted by Crippen LogP contribution is 2.22. The van der Waals surface area contributed by atoms with Crippen LogP contribution >= 0.6 is 11.3 Å². The lowest BCUT2D eigenvalue weighted by Gasteiger charge is -2.15. The van der Waals surface area contributed by atoms with E-state index in [0.717, 1.165) is 10.4 Å². The first-order valence-electron chi connectivity index (χ1n) is 7.94. The highest BCUT2D eigenvalue weighted by molar-refractivity contribution is 7.10. The number of halogens is 1. The van der Waals surface area contributed by atoms with Gasteiger partial charge in [0.05, 0.1) is 11.6 Å². The second-order valence-corrected chi connectivity index (χ2v) is 6.60. The molecule has 128 valence electrons. The molecule has 0 saturated heterocycles. The summed E-state index contributed by atoms with van der Waals surface area (Å²) in [6.45, 7) is 2.22. The van der Waals surface area contributed by atoms with Gasteiger partial charge in [0.15, 0.2) is 0 Å². The fourth-order valence-corrected chi connectivity index (χ4v) is 3.14. The molecule has 1 N–H and O–H groups in total. The standard InChI is InChI=1S/C20H18FNO2S/c1-14(19-7-4-12-25-19)22-20(23)17-5-2-3-6-18(17)24-13-15-8-10-16(21)11-9-15/h2-12,14H,13H2,1H3,(H,22,23)/t14-/m0/s1. The van der Waals surface area contributed by atoms with Crippen molar-refractivity contribution in [3.63, 3.8) is 0 Å². The average molecular weight is 355 g/mol. The Labute approximate surface area is 150 Å². The van der Waals surface area contributed by atoms with Crippen molar-refractivity contribution in [3.05, 3.63) is 87.9 Å². The van der Waals surface area contributed by atoms with Crippen molar-refractivity contribution < 1.29 is 13.9 Å². The molecule has 25 heavy (non-hydrogen) atoms. The van der Waals surface area contributed by atoms with E-state index in [9.17, 15) is 9.18 Å². The van der Waals surface area contributed by atoms with Crippen LogP contribution < -0.4 is 10.1 Å². The summed E-state index contributed by atoms with van der Waals surface area (Å²) in [4.78, 5) is 13.7. The monoisotopic (exact) mass is 355 g/mol. The predicted molar refractivity (Wildman–Crippen MR) is 97.4 cm³/mol. The summed E-state index contributed by atoms with van der Waals surface area (Å²) in [5, 5.41) is 4.97. The molecule has 0 saturated carbocycles. The van der Waals surface area contributed by atoms with Crippen molar-refractivity contribution in [2.75, 3.05) is 0 Å². The minimum Gasteiger partial charge on any atom is -0.488 e. The number of carbonyl (C=O) groups excluding carboxylic acids is 1. The number of hydrogen-bond donors (Lipinski definition) is 1. The Kier molecular flexibility index (Phi) is 5.46. The third-order valence-electron chi connectivity index (χ3n) is 3.76. The first-order valence-corrected chi connectivity index (χ1v) is 8.82. The maximum Gasteiger partial charge on any atom is 0.255 e. The number of amides is 1. The third-order valence-corrected chi connectivity index (χ3v) is 4.81. The van der Waals surface area contributed by atoms with Crippen LogP contribution in [0.2, 0.25) is 0 Å². The van der Waals surface area contributed by atoms with Crippen LogP contribution in [0.5, 0.6) is 5.75 Å². The molecular weight excluding hydrogens is 337 g/mol. The summed E-state index contributed by atoms with van der Waals surface area (Å²) >= 11 is 1.60. The van der Waals surface area contributed by atoms with Gasteiger partial charge in [-0.15, -0.1) is 11.3 Å². The van der Waals surface area contributed by atoms with Crippen molar-refractivity contribution in [1.29, 1.82) is 0 Å². The second kappa shape index (κ2) is 7.94. The van der Waals surface area contributed by atoms with Crippen molar-refractivity contribution in [2.45, 2.75) is 19.6 Å². The van der Waals surface area contributed by atoms with Crippen LogP contribution in [0.3, 0.4) is 0 Å². The Morgan fingerprint density at radius 3 is 2.60 bits per heavy atom. The quantitative estimate of drug-likeness (QED) is 0.679.